The van der Waals surface area contributed by atoms with Crippen molar-refractivity contribution < 1.29 is 48.3 Å². The first-order chi connectivity index (χ1) is 29.5. The number of ether oxygens (including phenoxy) is 5. The molecule has 6 atom stereocenters. The molecule has 3 aromatic rings. The molecule has 328 valence electrons. The summed E-state index contributed by atoms with van der Waals surface area (Å²) < 4.78 is 32.0. The summed E-state index contributed by atoms with van der Waals surface area (Å²) in [5.41, 5.74) is 3.57. The second kappa shape index (κ2) is 20.6. The van der Waals surface area contributed by atoms with Crippen LogP contribution in [-0.2, 0) is 20.9 Å². The number of likely N-dealkylation sites (N-methyl/N-ethyl adjacent to an activating group) is 1. The zero-order valence-electron chi connectivity index (χ0n) is 36.2. The number of allylic oxidation sites excluding steroid dienone is 1. The Morgan fingerprint density at radius 2 is 1.72 bits per heavy atom. The highest BCUT2D eigenvalue weighted by Crippen LogP contribution is 2.62. The number of benzene rings is 3. The predicted molar refractivity (Wildman–Crippen MR) is 233 cm³/mol. The minimum Gasteiger partial charge on any atom is -0.496 e. The molecular weight excluding hydrogens is 777 g/mol. The number of aliphatic hydroxyl groups excluding tert-OH is 2. The molecule has 1 saturated carbocycles. The van der Waals surface area contributed by atoms with E-state index in [1.165, 1.54) is 7.11 Å². The van der Waals surface area contributed by atoms with Crippen LogP contribution in [0.25, 0.3) is 0 Å². The molecule has 6 rings (SSSR count). The van der Waals surface area contributed by atoms with Crippen molar-refractivity contribution in [3.05, 3.63) is 108 Å². The van der Waals surface area contributed by atoms with Crippen molar-refractivity contribution in [2.45, 2.75) is 90.1 Å². The smallest absolute Gasteiger partial charge is 0.410 e. The van der Waals surface area contributed by atoms with Gasteiger partial charge in [-0.05, 0) is 90.5 Å². The first kappa shape index (κ1) is 45.4. The highest BCUT2D eigenvalue weighted by atomic mass is 16.7. The van der Waals surface area contributed by atoms with Gasteiger partial charge in [-0.3, -0.25) is 4.79 Å². The average molecular weight is 839 g/mol. The third-order valence-corrected chi connectivity index (χ3v) is 11.8. The average Bonchev–Trinajstić information content (AvgIpc) is 3.26. The van der Waals surface area contributed by atoms with E-state index in [0.717, 1.165) is 48.7 Å². The summed E-state index contributed by atoms with van der Waals surface area (Å²) in [6, 6.07) is 19.9. The molecular formula is C49H62N2O10. The van der Waals surface area contributed by atoms with Crippen molar-refractivity contribution in [3.63, 3.8) is 0 Å². The molecule has 1 amide bonds. The lowest BCUT2D eigenvalue weighted by Gasteiger charge is -2.59. The van der Waals surface area contributed by atoms with Crippen LogP contribution in [0, 0.1) is 23.2 Å². The number of aliphatic hydroxyl groups is 2. The molecule has 3 aliphatic rings. The molecule has 12 nitrogen and oxygen atoms in total. The van der Waals surface area contributed by atoms with Crippen molar-refractivity contribution in [2.75, 3.05) is 40.6 Å². The second-order valence-electron chi connectivity index (χ2n) is 17.4. The van der Waals surface area contributed by atoms with Gasteiger partial charge in [0.2, 0.25) is 5.79 Å². The lowest BCUT2D eigenvalue weighted by molar-refractivity contribution is -0.253. The third kappa shape index (κ3) is 10.5. The van der Waals surface area contributed by atoms with Crippen LogP contribution in [-0.4, -0.2) is 85.6 Å². The third-order valence-electron chi connectivity index (χ3n) is 11.8. The summed E-state index contributed by atoms with van der Waals surface area (Å²) >= 11 is 0. The zero-order valence-corrected chi connectivity index (χ0v) is 36.2. The molecule has 2 N–H and O–H groups in total. The maximum absolute atomic E-state index is 14.1. The monoisotopic (exact) mass is 838 g/mol. The predicted octanol–water partition coefficient (Wildman–Crippen LogP) is 9.25. The molecule has 3 aromatic carbocycles. The summed E-state index contributed by atoms with van der Waals surface area (Å²) in [4.78, 5) is 33.8. The van der Waals surface area contributed by atoms with E-state index in [9.17, 15) is 19.8 Å². The Morgan fingerprint density at radius 3 is 2.41 bits per heavy atom. The lowest BCUT2D eigenvalue weighted by Crippen LogP contribution is -2.69. The Morgan fingerprint density at radius 1 is 1.00 bits per heavy atom. The summed E-state index contributed by atoms with van der Waals surface area (Å²) in [6.07, 6.45) is 8.94. The van der Waals surface area contributed by atoms with Crippen molar-refractivity contribution >= 4 is 18.1 Å². The van der Waals surface area contributed by atoms with E-state index < -0.39 is 23.8 Å². The number of methoxy groups -OCH3 is 1. The molecule has 2 aliphatic carbocycles. The number of fused-ring (bicyclic) bond motifs is 2. The van der Waals surface area contributed by atoms with Crippen molar-refractivity contribution in [2.24, 2.45) is 28.3 Å². The maximum atomic E-state index is 14.1. The lowest BCUT2D eigenvalue weighted by atomic mass is 9.55. The summed E-state index contributed by atoms with van der Waals surface area (Å²) in [5.74, 6) is -0.0569. The Kier molecular flexibility index (Phi) is 15.3. The van der Waals surface area contributed by atoms with Crippen molar-refractivity contribution in [1.29, 1.82) is 0 Å². The van der Waals surface area contributed by atoms with E-state index >= 15 is 0 Å². The van der Waals surface area contributed by atoms with E-state index in [2.05, 4.69) is 12.7 Å². The van der Waals surface area contributed by atoms with Gasteiger partial charge in [-0.15, -0.1) is 6.58 Å². The number of aldehydes is 1. The quantitative estimate of drug-likeness (QED) is 0.0489. The van der Waals surface area contributed by atoms with Gasteiger partial charge in [-0.1, -0.05) is 81.3 Å². The number of hydrogen-bond acceptors (Lipinski definition) is 11. The number of carbonyl (C=O) groups excluding carboxylic acids is 2. The SMILES string of the molecule is C=CCO[C@@]12Oc3ccc(Oc4ccc(OC)c(C=O)c4)cc3[C@H]3[C@H](CCCCO)[C@@H](CCCCO)C=C(C(=NOCc4ccccc4)C[C@@H]1N(C)C(=O)OCC(C)(C)C)[C@H]32. The second-order valence-corrected chi connectivity index (χ2v) is 17.4. The normalized spacial score (nSPS) is 23.4. The molecule has 0 aromatic heterocycles. The molecule has 1 fully saturated rings. The fourth-order valence-electron chi connectivity index (χ4n) is 9.06. The number of nitrogens with zero attached hydrogens (tertiary/aromatic N) is 2. The maximum Gasteiger partial charge on any atom is 0.410 e. The number of oxime groups is 1. The number of unbranched alkanes of at least 4 members (excludes halogenated alkanes) is 2. The van der Waals surface area contributed by atoms with E-state index in [-0.39, 0.29) is 62.6 Å². The summed E-state index contributed by atoms with van der Waals surface area (Å²) in [5, 5.41) is 24.7. The minimum absolute atomic E-state index is 0.0228. The molecule has 1 heterocycles. The van der Waals surface area contributed by atoms with E-state index in [0.29, 0.717) is 47.1 Å². The number of rotatable bonds is 20. The summed E-state index contributed by atoms with van der Waals surface area (Å²) in [6.45, 7) is 10.8. The van der Waals surface area contributed by atoms with Gasteiger partial charge >= 0.3 is 6.09 Å². The van der Waals surface area contributed by atoms with Crippen LogP contribution in [0.15, 0.2) is 96.2 Å². The van der Waals surface area contributed by atoms with Crippen LogP contribution in [0.4, 0.5) is 4.79 Å². The molecule has 0 bridgehead atoms. The molecule has 1 aliphatic heterocycles. The van der Waals surface area contributed by atoms with Crippen LogP contribution in [0.2, 0.25) is 0 Å². The van der Waals surface area contributed by atoms with Gasteiger partial charge in [0, 0.05) is 38.2 Å². The highest BCUT2D eigenvalue weighted by Gasteiger charge is 2.65. The molecule has 12 heteroatoms. The Hall–Kier alpha value is -5.17. The molecule has 61 heavy (non-hydrogen) atoms. The molecule has 0 unspecified atom stereocenters. The Labute approximate surface area is 360 Å². The molecule has 0 saturated heterocycles. The topological polar surface area (TPSA) is 146 Å². The first-order valence-electron chi connectivity index (χ1n) is 21.4. The number of amides is 1. The van der Waals surface area contributed by atoms with E-state index in [1.54, 1.807) is 36.2 Å². The first-order valence-corrected chi connectivity index (χ1v) is 21.4. The Balaban J connectivity index is 1.55. The van der Waals surface area contributed by atoms with Gasteiger partial charge < -0.3 is 43.6 Å². The van der Waals surface area contributed by atoms with Crippen molar-refractivity contribution in [1.82, 2.24) is 4.90 Å². The van der Waals surface area contributed by atoms with Gasteiger partial charge in [0.15, 0.2) is 6.29 Å². The number of carbonyl (C=O) groups is 2. The molecule has 0 radical (unpaired) electrons. The van der Waals surface area contributed by atoms with Crippen LogP contribution in [0.1, 0.15) is 93.1 Å². The fourth-order valence-corrected chi connectivity index (χ4v) is 9.06. The summed E-state index contributed by atoms with van der Waals surface area (Å²) in [7, 11) is 3.23. The van der Waals surface area contributed by atoms with Gasteiger partial charge in [-0.2, -0.15) is 0 Å². The Bertz CT molecular complexity index is 2030. The largest absolute Gasteiger partial charge is 0.496 e. The standard InChI is InChI=1S/C49H62N2O10/c1-7-25-58-49-44(51(5)47(55)57-32-48(2,3)4)29-41(50-59-31-33-15-9-8-10-16-33)39-27-34(17-11-13-23-52)38(18-12-14-24-53)45(46(39)49)40-28-37(20-22-43(40)61-49)60-36-19-21-42(56-6)35(26-36)30-54/h7-10,15-16,19-22,26-28,30,34,38,44-46,52-53H,1,11-14,17-18,23-25,29,31-32H2,2-6H3/t34-,38+,44-,45+,46+,49+/m0/s1. The van der Waals surface area contributed by atoms with Crippen LogP contribution >= 0.6 is 0 Å². The molecule has 0 spiro atoms. The van der Waals surface area contributed by atoms with Crippen LogP contribution < -0.4 is 14.2 Å². The van der Waals surface area contributed by atoms with E-state index in [4.69, 9.17) is 33.7 Å². The van der Waals surface area contributed by atoms with Crippen LogP contribution in [0.3, 0.4) is 0 Å². The van der Waals surface area contributed by atoms with Gasteiger partial charge in [0.05, 0.1) is 37.5 Å². The van der Waals surface area contributed by atoms with E-state index in [1.807, 2.05) is 69.3 Å². The van der Waals surface area contributed by atoms with Gasteiger partial charge in [-0.25, -0.2) is 4.79 Å². The van der Waals surface area contributed by atoms with Crippen molar-refractivity contribution in [3.8, 4) is 23.0 Å². The number of hydrogen-bond donors (Lipinski definition) is 2. The minimum atomic E-state index is -1.42. The van der Waals surface area contributed by atoms with Gasteiger partial charge in [0.1, 0.15) is 35.6 Å². The highest BCUT2D eigenvalue weighted by molar-refractivity contribution is 6.03. The van der Waals surface area contributed by atoms with Gasteiger partial charge in [0.25, 0.3) is 0 Å². The fraction of sp³-hybridized carbons (Fsp3) is 0.490. The van der Waals surface area contributed by atoms with Crippen LogP contribution in [0.5, 0.6) is 23.0 Å². The zero-order chi connectivity index (χ0) is 43.6.